The Hall–Kier alpha value is -2.48. The van der Waals surface area contributed by atoms with E-state index in [1.165, 1.54) is 23.1 Å². The summed E-state index contributed by atoms with van der Waals surface area (Å²) in [6, 6.07) is 3.30. The maximum absolute atomic E-state index is 12.1. The quantitative estimate of drug-likeness (QED) is 0.607. The second-order valence-electron chi connectivity index (χ2n) is 5.24. The first-order valence-corrected chi connectivity index (χ1v) is 6.62. The van der Waals surface area contributed by atoms with Crippen LogP contribution in [0.3, 0.4) is 0 Å². The van der Waals surface area contributed by atoms with Gasteiger partial charge in [-0.25, -0.2) is 0 Å². The van der Waals surface area contributed by atoms with E-state index < -0.39 is 16.9 Å². The van der Waals surface area contributed by atoms with Gasteiger partial charge >= 0.3 is 0 Å². The highest BCUT2D eigenvalue weighted by atomic mass is 16.6. The smallest absolute Gasteiger partial charge is 0.269 e. The second-order valence-corrected chi connectivity index (χ2v) is 5.24. The molecule has 0 saturated heterocycles. The third kappa shape index (κ3) is 2.45. The maximum atomic E-state index is 12.1. The highest BCUT2D eigenvalue weighted by Crippen LogP contribution is 2.36. The lowest BCUT2D eigenvalue weighted by Gasteiger charge is -2.17. The molecule has 1 heterocycles. The normalized spacial score (nSPS) is 20.3. The molecule has 1 saturated carbocycles. The van der Waals surface area contributed by atoms with E-state index in [1.54, 1.807) is 0 Å². The van der Waals surface area contributed by atoms with Gasteiger partial charge in [0.15, 0.2) is 0 Å². The molecule has 2 amide bonds. The molecule has 21 heavy (non-hydrogen) atoms. The van der Waals surface area contributed by atoms with Crippen LogP contribution < -0.4 is 16.0 Å². The van der Waals surface area contributed by atoms with Gasteiger partial charge in [-0.2, -0.15) is 0 Å². The van der Waals surface area contributed by atoms with Crippen molar-refractivity contribution in [3.05, 3.63) is 33.9 Å². The first-order chi connectivity index (χ1) is 9.97. The van der Waals surface area contributed by atoms with E-state index in [0.29, 0.717) is 11.3 Å². The summed E-state index contributed by atoms with van der Waals surface area (Å²) in [4.78, 5) is 35.5. The number of carbonyl (C=O) groups is 2. The lowest BCUT2D eigenvalue weighted by atomic mass is 10.1. The van der Waals surface area contributed by atoms with Gasteiger partial charge in [-0.3, -0.25) is 19.7 Å². The van der Waals surface area contributed by atoms with Crippen LogP contribution in [0.15, 0.2) is 18.2 Å². The zero-order valence-corrected chi connectivity index (χ0v) is 11.1. The number of nitro benzene ring substituents is 1. The molecular weight excluding hydrogens is 276 g/mol. The van der Waals surface area contributed by atoms with Crippen LogP contribution in [0.2, 0.25) is 0 Å². The molecule has 8 heteroatoms. The van der Waals surface area contributed by atoms with Crippen LogP contribution in [-0.2, 0) is 9.59 Å². The molecule has 8 nitrogen and oxygen atoms in total. The Morgan fingerprint density at radius 1 is 1.48 bits per heavy atom. The van der Waals surface area contributed by atoms with Gasteiger partial charge in [0, 0.05) is 23.7 Å². The lowest BCUT2D eigenvalue weighted by molar-refractivity contribution is -0.384. The van der Waals surface area contributed by atoms with Gasteiger partial charge in [-0.1, -0.05) is 0 Å². The van der Waals surface area contributed by atoms with Crippen molar-refractivity contribution in [2.45, 2.75) is 24.9 Å². The summed E-state index contributed by atoms with van der Waals surface area (Å²) in [7, 11) is 0. The van der Waals surface area contributed by atoms with E-state index in [4.69, 9.17) is 5.73 Å². The fraction of sp³-hybridized carbons (Fsp3) is 0.385. The van der Waals surface area contributed by atoms with Crippen LogP contribution in [0.5, 0.6) is 0 Å². The third-order valence-electron chi connectivity index (χ3n) is 3.62. The molecule has 1 unspecified atom stereocenters. The number of nitrogens with two attached hydrogens (primary N) is 1. The van der Waals surface area contributed by atoms with Crippen molar-refractivity contribution in [1.82, 2.24) is 5.32 Å². The van der Waals surface area contributed by atoms with Crippen LogP contribution in [0, 0.1) is 10.1 Å². The van der Waals surface area contributed by atoms with Crippen molar-refractivity contribution in [1.29, 1.82) is 0 Å². The van der Waals surface area contributed by atoms with Crippen LogP contribution in [0.25, 0.3) is 0 Å². The van der Waals surface area contributed by atoms with E-state index in [2.05, 4.69) is 5.32 Å². The number of hydrogen-bond donors (Lipinski definition) is 2. The van der Waals surface area contributed by atoms with E-state index in [0.717, 1.165) is 12.8 Å². The van der Waals surface area contributed by atoms with Gasteiger partial charge in [-0.15, -0.1) is 0 Å². The molecule has 0 aromatic heterocycles. The Labute approximate surface area is 120 Å². The third-order valence-corrected chi connectivity index (χ3v) is 3.62. The number of anilines is 1. The average molecular weight is 290 g/mol. The van der Waals surface area contributed by atoms with Gasteiger partial charge < -0.3 is 16.0 Å². The molecule has 1 aromatic rings. The molecule has 1 fully saturated rings. The summed E-state index contributed by atoms with van der Waals surface area (Å²) in [5.74, 6) is -0.666. The standard InChI is InChI=1S/C13H14N4O4/c14-12-9-5-8(17(20)21)3-4-10(9)16(13(12)19)6-11(18)15-7-1-2-7/h3-5,7,12H,1-2,6,14H2,(H,15,18). The van der Waals surface area contributed by atoms with Crippen molar-refractivity contribution in [3.8, 4) is 0 Å². The molecule has 1 aliphatic carbocycles. The molecule has 0 radical (unpaired) electrons. The lowest BCUT2D eigenvalue weighted by Crippen LogP contribution is -2.41. The van der Waals surface area contributed by atoms with Crippen LogP contribution in [0.1, 0.15) is 24.4 Å². The predicted octanol–water partition coefficient (Wildman–Crippen LogP) is 0.220. The highest BCUT2D eigenvalue weighted by molar-refractivity contribution is 6.07. The monoisotopic (exact) mass is 290 g/mol. The van der Waals surface area contributed by atoms with Crippen LogP contribution in [0.4, 0.5) is 11.4 Å². The number of fused-ring (bicyclic) bond motifs is 1. The number of amides is 2. The van der Waals surface area contributed by atoms with Gasteiger partial charge in [0.05, 0.1) is 10.6 Å². The highest BCUT2D eigenvalue weighted by Gasteiger charge is 2.37. The number of non-ortho nitro benzene ring substituents is 1. The number of nitrogens with one attached hydrogen (secondary N) is 1. The summed E-state index contributed by atoms with van der Waals surface area (Å²) in [5, 5.41) is 13.6. The fourth-order valence-corrected chi connectivity index (χ4v) is 2.38. The SMILES string of the molecule is NC1C(=O)N(CC(=O)NC2CC2)c2ccc([N+](=O)[O-])cc21. The minimum Gasteiger partial charge on any atom is -0.352 e. The number of nitrogens with zero attached hydrogens (tertiary/aromatic N) is 2. The fourth-order valence-electron chi connectivity index (χ4n) is 2.38. The van der Waals surface area contributed by atoms with Crippen LogP contribution in [-0.4, -0.2) is 29.3 Å². The van der Waals surface area contributed by atoms with Crippen molar-refractivity contribution >= 4 is 23.2 Å². The van der Waals surface area contributed by atoms with Crippen molar-refractivity contribution in [2.75, 3.05) is 11.4 Å². The maximum Gasteiger partial charge on any atom is 0.269 e. The minimum atomic E-state index is -0.964. The van der Waals surface area contributed by atoms with Gasteiger partial charge in [-0.05, 0) is 18.9 Å². The Bertz CT molecular complexity index is 641. The molecule has 0 bridgehead atoms. The molecule has 110 valence electrons. The zero-order valence-electron chi connectivity index (χ0n) is 11.1. The number of rotatable bonds is 4. The molecule has 1 aliphatic heterocycles. The Kier molecular flexibility index (Phi) is 3.09. The summed E-state index contributed by atoms with van der Waals surface area (Å²) in [5.41, 5.74) is 6.51. The topological polar surface area (TPSA) is 119 Å². The molecule has 1 aromatic carbocycles. The van der Waals surface area contributed by atoms with Gasteiger partial charge in [0.1, 0.15) is 12.6 Å². The van der Waals surface area contributed by atoms with Crippen molar-refractivity contribution < 1.29 is 14.5 Å². The van der Waals surface area contributed by atoms with E-state index in [1.807, 2.05) is 0 Å². The molecule has 3 N–H and O–H groups in total. The minimum absolute atomic E-state index is 0.117. The summed E-state index contributed by atoms with van der Waals surface area (Å²) < 4.78 is 0. The van der Waals surface area contributed by atoms with Gasteiger partial charge in [0.25, 0.3) is 5.69 Å². The number of carbonyl (C=O) groups excluding carboxylic acids is 2. The molecule has 3 rings (SSSR count). The molecule has 0 spiro atoms. The average Bonchev–Trinajstić information content (AvgIpc) is 3.22. The summed E-state index contributed by atoms with van der Waals surface area (Å²) >= 11 is 0. The largest absolute Gasteiger partial charge is 0.352 e. The van der Waals surface area contributed by atoms with Crippen molar-refractivity contribution in [2.24, 2.45) is 5.73 Å². The number of hydrogen-bond acceptors (Lipinski definition) is 5. The Morgan fingerprint density at radius 3 is 2.81 bits per heavy atom. The second kappa shape index (κ2) is 4.81. The molecule has 1 atom stereocenters. The molecule has 2 aliphatic rings. The zero-order chi connectivity index (χ0) is 15.1. The first-order valence-electron chi connectivity index (χ1n) is 6.62. The van der Waals surface area contributed by atoms with E-state index in [-0.39, 0.29) is 24.2 Å². The van der Waals surface area contributed by atoms with Crippen molar-refractivity contribution in [3.63, 3.8) is 0 Å². The Morgan fingerprint density at radius 2 is 2.19 bits per heavy atom. The predicted molar refractivity (Wildman–Crippen MR) is 73.5 cm³/mol. The van der Waals surface area contributed by atoms with Gasteiger partial charge in [0.2, 0.25) is 11.8 Å². The summed E-state index contributed by atoms with van der Waals surface area (Å²) in [6.07, 6.45) is 1.92. The molecular formula is C13H14N4O4. The summed E-state index contributed by atoms with van der Waals surface area (Å²) in [6.45, 7) is -0.117. The van der Waals surface area contributed by atoms with Crippen LogP contribution >= 0.6 is 0 Å². The Balaban J connectivity index is 1.85. The first kappa shape index (κ1) is 13.5. The number of benzene rings is 1. The number of nitro groups is 1. The van der Waals surface area contributed by atoms with E-state index in [9.17, 15) is 19.7 Å². The van der Waals surface area contributed by atoms with E-state index >= 15 is 0 Å².